The number of nitrogens with zero attached hydrogens (tertiary/aromatic N) is 1. The molecule has 2 rings (SSSR count). The summed E-state index contributed by atoms with van der Waals surface area (Å²) in [6.07, 6.45) is 0. The predicted molar refractivity (Wildman–Crippen MR) is 80.4 cm³/mol. The van der Waals surface area contributed by atoms with Crippen LogP contribution in [0.1, 0.15) is 27.0 Å². The van der Waals surface area contributed by atoms with Crippen molar-refractivity contribution < 1.29 is 14.7 Å². The molecule has 1 aliphatic heterocycles. The second-order valence-electron chi connectivity index (χ2n) is 5.20. The second kappa shape index (κ2) is 5.87. The van der Waals surface area contributed by atoms with Crippen LogP contribution in [0.2, 0.25) is 0 Å². The molecule has 20 heavy (non-hydrogen) atoms. The van der Waals surface area contributed by atoms with E-state index in [1.807, 2.05) is 32.9 Å². The Hall–Kier alpha value is -1.49. The number of carboxylic acid groups (broad SMARTS) is 1. The molecule has 0 spiro atoms. The molecule has 1 fully saturated rings. The van der Waals surface area contributed by atoms with Gasteiger partial charge in [0.05, 0.1) is 0 Å². The lowest BCUT2D eigenvalue weighted by Crippen LogP contribution is -2.50. The number of aryl methyl sites for hydroxylation is 3. The van der Waals surface area contributed by atoms with Crippen molar-refractivity contribution in [1.29, 1.82) is 0 Å². The molecule has 0 bridgehead atoms. The molecule has 1 unspecified atom stereocenters. The summed E-state index contributed by atoms with van der Waals surface area (Å²) in [6, 6.07) is 3.21. The van der Waals surface area contributed by atoms with Gasteiger partial charge in [-0.2, -0.15) is 11.8 Å². The fraction of sp³-hybridized carbons (Fsp3) is 0.467. The lowest BCUT2D eigenvalue weighted by molar-refractivity contribution is -0.141. The van der Waals surface area contributed by atoms with E-state index in [0.717, 1.165) is 22.4 Å². The van der Waals surface area contributed by atoms with Gasteiger partial charge in [-0.25, -0.2) is 4.79 Å². The Labute approximate surface area is 123 Å². The molecule has 1 aliphatic rings. The van der Waals surface area contributed by atoms with Crippen LogP contribution in [0.4, 0.5) is 0 Å². The zero-order valence-corrected chi connectivity index (χ0v) is 12.8. The molecule has 1 heterocycles. The zero-order chi connectivity index (χ0) is 14.9. The van der Waals surface area contributed by atoms with Gasteiger partial charge in [-0.1, -0.05) is 17.7 Å². The Morgan fingerprint density at radius 2 is 1.85 bits per heavy atom. The number of carbonyl (C=O) groups is 2. The van der Waals surface area contributed by atoms with Crippen LogP contribution in [-0.4, -0.2) is 46.0 Å². The van der Waals surface area contributed by atoms with Gasteiger partial charge in [0, 0.05) is 23.6 Å². The van der Waals surface area contributed by atoms with Crippen LogP contribution < -0.4 is 0 Å². The van der Waals surface area contributed by atoms with Crippen molar-refractivity contribution in [3.05, 3.63) is 34.4 Å². The fourth-order valence-corrected chi connectivity index (χ4v) is 3.75. The predicted octanol–water partition coefficient (Wildman–Crippen LogP) is 2.25. The van der Waals surface area contributed by atoms with Crippen molar-refractivity contribution in [1.82, 2.24) is 4.90 Å². The van der Waals surface area contributed by atoms with Gasteiger partial charge >= 0.3 is 5.97 Å². The number of carboxylic acids is 1. The highest BCUT2D eigenvalue weighted by atomic mass is 32.2. The first-order valence-electron chi connectivity index (χ1n) is 6.61. The van der Waals surface area contributed by atoms with Crippen LogP contribution in [0.3, 0.4) is 0 Å². The van der Waals surface area contributed by atoms with Crippen LogP contribution in [-0.2, 0) is 4.79 Å². The van der Waals surface area contributed by atoms with Crippen LogP contribution in [0.25, 0.3) is 0 Å². The molecule has 0 aliphatic carbocycles. The molecule has 1 aromatic rings. The smallest absolute Gasteiger partial charge is 0.327 e. The summed E-state index contributed by atoms with van der Waals surface area (Å²) in [5.41, 5.74) is 3.58. The van der Waals surface area contributed by atoms with E-state index in [0.29, 0.717) is 17.9 Å². The van der Waals surface area contributed by atoms with Gasteiger partial charge in [0.1, 0.15) is 6.04 Å². The first-order valence-corrected chi connectivity index (χ1v) is 7.76. The first-order chi connectivity index (χ1) is 9.41. The third kappa shape index (κ3) is 2.82. The maximum absolute atomic E-state index is 12.7. The van der Waals surface area contributed by atoms with E-state index >= 15 is 0 Å². The van der Waals surface area contributed by atoms with Gasteiger partial charge < -0.3 is 10.0 Å². The normalized spacial score (nSPS) is 18.9. The van der Waals surface area contributed by atoms with E-state index in [2.05, 4.69) is 0 Å². The number of rotatable bonds is 2. The molecule has 0 saturated carbocycles. The number of benzene rings is 1. The fourth-order valence-electron chi connectivity index (χ4n) is 2.71. The number of carbonyl (C=O) groups excluding carboxylic acids is 1. The Bertz CT molecular complexity index is 533. The lowest BCUT2D eigenvalue weighted by Gasteiger charge is -2.33. The largest absolute Gasteiger partial charge is 0.480 e. The molecular formula is C15H19NO3S. The third-order valence-corrected chi connectivity index (χ3v) is 4.59. The summed E-state index contributed by atoms with van der Waals surface area (Å²) in [5.74, 6) is 0.172. The summed E-state index contributed by atoms with van der Waals surface area (Å²) >= 11 is 1.58. The maximum atomic E-state index is 12.7. The van der Waals surface area contributed by atoms with Gasteiger partial charge in [-0.15, -0.1) is 0 Å². The molecule has 108 valence electrons. The molecule has 0 aromatic heterocycles. The standard InChI is InChI=1S/C15H19NO3S/c1-9-6-10(2)13(11(3)7-9)14(17)16-4-5-20-8-12(16)15(18)19/h6-7,12H,4-5,8H2,1-3H3,(H,18,19). The summed E-state index contributed by atoms with van der Waals surface area (Å²) in [7, 11) is 0. The second-order valence-corrected chi connectivity index (χ2v) is 6.35. The van der Waals surface area contributed by atoms with E-state index in [1.54, 1.807) is 11.8 Å². The van der Waals surface area contributed by atoms with Crippen molar-refractivity contribution in [2.24, 2.45) is 0 Å². The number of hydrogen-bond donors (Lipinski definition) is 1. The lowest BCUT2D eigenvalue weighted by atomic mass is 9.98. The van der Waals surface area contributed by atoms with Gasteiger partial charge in [0.25, 0.3) is 5.91 Å². The van der Waals surface area contributed by atoms with Crippen LogP contribution in [0.5, 0.6) is 0 Å². The molecule has 5 heteroatoms. The minimum Gasteiger partial charge on any atom is -0.480 e. The summed E-state index contributed by atoms with van der Waals surface area (Å²) < 4.78 is 0. The molecular weight excluding hydrogens is 274 g/mol. The van der Waals surface area contributed by atoms with Crippen LogP contribution in [0, 0.1) is 20.8 Å². The number of hydrogen-bond acceptors (Lipinski definition) is 3. The number of thioether (sulfide) groups is 1. The van der Waals surface area contributed by atoms with Crippen molar-refractivity contribution in [2.45, 2.75) is 26.8 Å². The summed E-state index contributed by atoms with van der Waals surface area (Å²) in [6.45, 7) is 6.29. The molecule has 1 saturated heterocycles. The molecule has 4 nitrogen and oxygen atoms in total. The molecule has 1 amide bonds. The highest BCUT2D eigenvalue weighted by molar-refractivity contribution is 7.99. The Balaban J connectivity index is 2.37. The number of aliphatic carboxylic acids is 1. The Kier molecular flexibility index (Phi) is 4.38. The summed E-state index contributed by atoms with van der Waals surface area (Å²) in [4.78, 5) is 25.5. The van der Waals surface area contributed by atoms with E-state index in [4.69, 9.17) is 0 Å². The van der Waals surface area contributed by atoms with Crippen molar-refractivity contribution >= 4 is 23.6 Å². The van der Waals surface area contributed by atoms with Crippen molar-refractivity contribution in [3.8, 4) is 0 Å². The minimum atomic E-state index is -0.923. The Morgan fingerprint density at radius 1 is 1.25 bits per heavy atom. The molecule has 1 atom stereocenters. The third-order valence-electron chi connectivity index (χ3n) is 3.57. The van der Waals surface area contributed by atoms with E-state index in [9.17, 15) is 14.7 Å². The SMILES string of the molecule is Cc1cc(C)c(C(=O)N2CCSCC2C(=O)O)c(C)c1. The first kappa shape index (κ1) is 14.9. The molecule has 1 aromatic carbocycles. The molecule has 0 radical (unpaired) electrons. The average molecular weight is 293 g/mol. The monoisotopic (exact) mass is 293 g/mol. The Morgan fingerprint density at radius 3 is 2.40 bits per heavy atom. The van der Waals surface area contributed by atoms with Gasteiger partial charge in [0.15, 0.2) is 0 Å². The quantitative estimate of drug-likeness (QED) is 0.908. The van der Waals surface area contributed by atoms with Crippen molar-refractivity contribution in [2.75, 3.05) is 18.1 Å². The van der Waals surface area contributed by atoms with Gasteiger partial charge in [0.2, 0.25) is 0 Å². The maximum Gasteiger partial charge on any atom is 0.327 e. The van der Waals surface area contributed by atoms with E-state index in [1.165, 1.54) is 4.90 Å². The topological polar surface area (TPSA) is 57.6 Å². The average Bonchev–Trinajstić information content (AvgIpc) is 2.37. The van der Waals surface area contributed by atoms with Crippen molar-refractivity contribution in [3.63, 3.8) is 0 Å². The minimum absolute atomic E-state index is 0.160. The van der Waals surface area contributed by atoms with Gasteiger partial charge in [-0.3, -0.25) is 4.79 Å². The number of amides is 1. The summed E-state index contributed by atoms with van der Waals surface area (Å²) in [5, 5.41) is 9.28. The molecule has 1 N–H and O–H groups in total. The zero-order valence-electron chi connectivity index (χ0n) is 12.0. The van der Waals surface area contributed by atoms with Crippen LogP contribution >= 0.6 is 11.8 Å². The van der Waals surface area contributed by atoms with E-state index in [-0.39, 0.29) is 5.91 Å². The van der Waals surface area contributed by atoms with Crippen LogP contribution in [0.15, 0.2) is 12.1 Å². The highest BCUT2D eigenvalue weighted by Crippen LogP contribution is 2.23. The van der Waals surface area contributed by atoms with E-state index < -0.39 is 12.0 Å². The van der Waals surface area contributed by atoms with Gasteiger partial charge in [-0.05, 0) is 31.9 Å². The highest BCUT2D eigenvalue weighted by Gasteiger charge is 2.33.